The number of hydrogen-bond donors (Lipinski definition) is 1. The molecule has 20 heavy (non-hydrogen) atoms. The van der Waals surface area contributed by atoms with Gasteiger partial charge in [0.15, 0.2) is 0 Å². The Balaban J connectivity index is 1.83. The normalized spacial score (nSPS) is 21.6. The summed E-state index contributed by atoms with van der Waals surface area (Å²) in [5.74, 6) is 2.02. The summed E-state index contributed by atoms with van der Waals surface area (Å²) in [4.78, 5) is 2.65. The molecule has 2 fully saturated rings. The summed E-state index contributed by atoms with van der Waals surface area (Å²) in [6, 6.07) is 9.16. The third kappa shape index (κ3) is 3.33. The highest BCUT2D eigenvalue weighted by Gasteiger charge is 2.31. The molecule has 0 spiro atoms. The van der Waals surface area contributed by atoms with Crippen LogP contribution in [0.15, 0.2) is 24.3 Å². The Labute approximate surface area is 122 Å². The highest BCUT2D eigenvalue weighted by Crippen LogP contribution is 2.42. The van der Waals surface area contributed by atoms with Gasteiger partial charge in [0.25, 0.3) is 0 Å². The van der Waals surface area contributed by atoms with Crippen molar-refractivity contribution in [3.05, 3.63) is 29.8 Å². The Morgan fingerprint density at radius 2 is 2.00 bits per heavy atom. The van der Waals surface area contributed by atoms with Crippen LogP contribution in [0.25, 0.3) is 0 Å². The summed E-state index contributed by atoms with van der Waals surface area (Å²) in [5, 5.41) is 3.46. The van der Waals surface area contributed by atoms with Gasteiger partial charge in [0.2, 0.25) is 0 Å². The van der Waals surface area contributed by atoms with Gasteiger partial charge in [0, 0.05) is 37.8 Å². The van der Waals surface area contributed by atoms with E-state index in [4.69, 9.17) is 4.74 Å². The van der Waals surface area contributed by atoms with Crippen molar-refractivity contribution in [3.8, 4) is 5.75 Å². The van der Waals surface area contributed by atoms with Gasteiger partial charge in [-0.25, -0.2) is 0 Å². The van der Waals surface area contributed by atoms with E-state index in [2.05, 4.69) is 41.4 Å². The lowest BCUT2D eigenvalue weighted by Crippen LogP contribution is -2.45. The maximum atomic E-state index is 5.87. The fraction of sp³-hybridized carbons (Fsp3) is 0.647. The maximum Gasteiger partial charge on any atom is 0.124 e. The number of nitrogens with one attached hydrogen (secondary N) is 1. The predicted molar refractivity (Wildman–Crippen MR) is 82.1 cm³/mol. The van der Waals surface area contributed by atoms with E-state index in [-0.39, 0.29) is 0 Å². The standard InChI is InChI=1S/C17H26N2O/c1-2-20-17-6-4-3-5-15(17)16(13-14-7-8-14)19-11-9-18-10-12-19/h3-6,14,16,18H,2,7-13H2,1H3/t16-/m1/s1. The zero-order valence-corrected chi connectivity index (χ0v) is 12.5. The molecule has 110 valence electrons. The molecule has 1 N–H and O–H groups in total. The van der Waals surface area contributed by atoms with Crippen LogP contribution >= 0.6 is 0 Å². The van der Waals surface area contributed by atoms with Gasteiger partial charge in [-0.15, -0.1) is 0 Å². The number of para-hydroxylation sites is 1. The zero-order chi connectivity index (χ0) is 13.8. The van der Waals surface area contributed by atoms with E-state index >= 15 is 0 Å². The molecule has 1 aromatic rings. The molecule has 1 saturated heterocycles. The first-order chi connectivity index (χ1) is 9.88. The minimum atomic E-state index is 0.535. The molecule has 1 aliphatic heterocycles. The van der Waals surface area contributed by atoms with E-state index in [0.29, 0.717) is 6.04 Å². The molecule has 1 aliphatic carbocycles. The van der Waals surface area contributed by atoms with Crippen molar-refractivity contribution < 1.29 is 4.74 Å². The lowest BCUT2D eigenvalue weighted by Gasteiger charge is -2.36. The van der Waals surface area contributed by atoms with Gasteiger partial charge in [0.1, 0.15) is 5.75 Å². The predicted octanol–water partition coefficient (Wildman–Crippen LogP) is 2.83. The van der Waals surface area contributed by atoms with E-state index in [0.717, 1.165) is 44.5 Å². The summed E-state index contributed by atoms with van der Waals surface area (Å²) in [5.41, 5.74) is 1.39. The Morgan fingerprint density at radius 1 is 1.25 bits per heavy atom. The van der Waals surface area contributed by atoms with E-state index in [1.807, 2.05) is 0 Å². The van der Waals surface area contributed by atoms with E-state index in [9.17, 15) is 0 Å². The number of hydrogen-bond acceptors (Lipinski definition) is 3. The maximum absolute atomic E-state index is 5.87. The van der Waals surface area contributed by atoms with Crippen molar-refractivity contribution in [2.75, 3.05) is 32.8 Å². The monoisotopic (exact) mass is 274 g/mol. The smallest absolute Gasteiger partial charge is 0.124 e. The second-order valence-corrected chi connectivity index (χ2v) is 5.95. The van der Waals surface area contributed by atoms with Crippen LogP contribution in [0, 0.1) is 5.92 Å². The highest BCUT2D eigenvalue weighted by molar-refractivity contribution is 5.36. The Bertz CT molecular complexity index is 425. The zero-order valence-electron chi connectivity index (χ0n) is 12.5. The molecule has 0 unspecified atom stereocenters. The number of piperazine rings is 1. The first-order valence-electron chi connectivity index (χ1n) is 8.05. The van der Waals surface area contributed by atoms with Crippen molar-refractivity contribution in [1.82, 2.24) is 10.2 Å². The molecule has 3 heteroatoms. The number of benzene rings is 1. The minimum Gasteiger partial charge on any atom is -0.494 e. The van der Waals surface area contributed by atoms with Crippen molar-refractivity contribution in [2.45, 2.75) is 32.2 Å². The largest absolute Gasteiger partial charge is 0.494 e. The van der Waals surface area contributed by atoms with Crippen molar-refractivity contribution in [2.24, 2.45) is 5.92 Å². The molecule has 0 amide bonds. The molecule has 0 bridgehead atoms. The lowest BCUT2D eigenvalue weighted by atomic mass is 9.97. The molecule has 1 saturated carbocycles. The average Bonchev–Trinajstić information content (AvgIpc) is 3.31. The van der Waals surface area contributed by atoms with Gasteiger partial charge in [-0.1, -0.05) is 31.0 Å². The van der Waals surface area contributed by atoms with Gasteiger partial charge in [0.05, 0.1) is 6.61 Å². The molecule has 3 rings (SSSR count). The van der Waals surface area contributed by atoms with Crippen LogP contribution in [0.1, 0.15) is 37.8 Å². The number of ether oxygens (including phenoxy) is 1. The molecule has 1 heterocycles. The van der Waals surface area contributed by atoms with Crippen LogP contribution in [0.4, 0.5) is 0 Å². The summed E-state index contributed by atoms with van der Waals surface area (Å²) >= 11 is 0. The summed E-state index contributed by atoms with van der Waals surface area (Å²) in [7, 11) is 0. The van der Waals surface area contributed by atoms with Crippen LogP contribution in [0.2, 0.25) is 0 Å². The van der Waals surface area contributed by atoms with Gasteiger partial charge in [-0.3, -0.25) is 4.90 Å². The Morgan fingerprint density at radius 3 is 2.70 bits per heavy atom. The first kappa shape index (κ1) is 13.9. The second-order valence-electron chi connectivity index (χ2n) is 5.95. The molecule has 0 radical (unpaired) electrons. The average molecular weight is 274 g/mol. The molecule has 2 aliphatic rings. The van der Waals surface area contributed by atoms with Crippen molar-refractivity contribution in [3.63, 3.8) is 0 Å². The van der Waals surface area contributed by atoms with Crippen molar-refractivity contribution in [1.29, 1.82) is 0 Å². The van der Waals surface area contributed by atoms with Crippen LogP contribution in [0.3, 0.4) is 0 Å². The first-order valence-corrected chi connectivity index (χ1v) is 8.05. The van der Waals surface area contributed by atoms with Crippen LogP contribution in [0.5, 0.6) is 5.75 Å². The minimum absolute atomic E-state index is 0.535. The third-order valence-electron chi connectivity index (χ3n) is 4.42. The fourth-order valence-electron chi connectivity index (χ4n) is 3.18. The molecule has 3 nitrogen and oxygen atoms in total. The summed E-state index contributed by atoms with van der Waals surface area (Å²) in [6.45, 7) is 7.33. The van der Waals surface area contributed by atoms with Gasteiger partial charge >= 0.3 is 0 Å². The SMILES string of the molecule is CCOc1ccccc1[C@@H](CC1CC1)N1CCNCC1. The quantitative estimate of drug-likeness (QED) is 0.863. The molecule has 1 atom stereocenters. The number of nitrogens with zero attached hydrogens (tertiary/aromatic N) is 1. The van der Waals surface area contributed by atoms with Gasteiger partial charge < -0.3 is 10.1 Å². The highest BCUT2D eigenvalue weighted by atomic mass is 16.5. The summed E-state index contributed by atoms with van der Waals surface area (Å²) < 4.78 is 5.87. The van der Waals surface area contributed by atoms with Crippen molar-refractivity contribution >= 4 is 0 Å². The second kappa shape index (κ2) is 6.59. The fourth-order valence-corrected chi connectivity index (χ4v) is 3.18. The molecule has 1 aromatic carbocycles. The van der Waals surface area contributed by atoms with Gasteiger partial charge in [-0.2, -0.15) is 0 Å². The number of rotatable bonds is 6. The van der Waals surface area contributed by atoms with Crippen LogP contribution < -0.4 is 10.1 Å². The lowest BCUT2D eigenvalue weighted by molar-refractivity contribution is 0.157. The van der Waals surface area contributed by atoms with E-state index in [1.54, 1.807) is 0 Å². The van der Waals surface area contributed by atoms with E-state index in [1.165, 1.54) is 24.8 Å². The van der Waals surface area contributed by atoms with Crippen LogP contribution in [-0.4, -0.2) is 37.7 Å². The third-order valence-corrected chi connectivity index (χ3v) is 4.42. The van der Waals surface area contributed by atoms with E-state index < -0.39 is 0 Å². The molecular weight excluding hydrogens is 248 g/mol. The molecule has 0 aromatic heterocycles. The summed E-state index contributed by atoms with van der Waals surface area (Å²) in [6.07, 6.45) is 4.13. The molecular formula is C17H26N2O. The van der Waals surface area contributed by atoms with Gasteiger partial charge in [-0.05, 0) is 25.3 Å². The Kier molecular flexibility index (Phi) is 4.58. The topological polar surface area (TPSA) is 24.5 Å². The Hall–Kier alpha value is -1.06. The van der Waals surface area contributed by atoms with Crippen LogP contribution in [-0.2, 0) is 0 Å².